The van der Waals surface area contributed by atoms with Crippen molar-refractivity contribution in [3.63, 3.8) is 0 Å². The standard InChI is InChI=1S/C20H30N4O3/c1-14(2)27-13-18(25)23-11-7-15(8-12-23)17-6-5-16(19(21)22-17)20(26)24-9-3-4-10-24/h5-6,14-15H,3-4,7-13H2,1-2H3,(H2,21,22). The molecule has 0 saturated carbocycles. The molecule has 0 spiro atoms. The van der Waals surface area contributed by atoms with Crippen LogP contribution in [0.1, 0.15) is 61.5 Å². The van der Waals surface area contributed by atoms with Crippen LogP contribution in [0.25, 0.3) is 0 Å². The van der Waals surface area contributed by atoms with Gasteiger partial charge >= 0.3 is 0 Å². The summed E-state index contributed by atoms with van der Waals surface area (Å²) in [7, 11) is 0. The average molecular weight is 374 g/mol. The molecule has 7 heteroatoms. The molecule has 148 valence electrons. The number of ether oxygens (including phenoxy) is 1. The van der Waals surface area contributed by atoms with Crippen LogP contribution < -0.4 is 5.73 Å². The average Bonchev–Trinajstić information content (AvgIpc) is 3.20. The third kappa shape index (κ3) is 4.77. The van der Waals surface area contributed by atoms with Crippen molar-refractivity contribution >= 4 is 17.6 Å². The van der Waals surface area contributed by atoms with Gasteiger partial charge in [-0.2, -0.15) is 0 Å². The predicted octanol–water partition coefficient (Wildman–Crippen LogP) is 2.03. The van der Waals surface area contributed by atoms with E-state index in [9.17, 15) is 9.59 Å². The Labute approximate surface area is 160 Å². The molecule has 2 N–H and O–H groups in total. The molecule has 1 aromatic heterocycles. The molecule has 2 aliphatic rings. The lowest BCUT2D eigenvalue weighted by atomic mass is 9.92. The van der Waals surface area contributed by atoms with E-state index in [1.54, 1.807) is 0 Å². The first-order chi connectivity index (χ1) is 13.0. The highest BCUT2D eigenvalue weighted by molar-refractivity contribution is 5.98. The number of aromatic nitrogens is 1. The number of nitrogens with two attached hydrogens (primary N) is 1. The van der Waals surface area contributed by atoms with E-state index in [-0.39, 0.29) is 30.4 Å². The Kier molecular flexibility index (Phi) is 6.31. The minimum absolute atomic E-state index is 0.0189. The van der Waals surface area contributed by atoms with Gasteiger partial charge in [-0.05, 0) is 51.7 Å². The fourth-order valence-electron chi connectivity index (χ4n) is 3.74. The summed E-state index contributed by atoms with van der Waals surface area (Å²) in [6.45, 7) is 6.98. The molecule has 1 aromatic rings. The summed E-state index contributed by atoms with van der Waals surface area (Å²) in [5.41, 5.74) is 7.51. The molecule has 0 atom stereocenters. The number of carbonyl (C=O) groups excluding carboxylic acids is 2. The number of likely N-dealkylation sites (tertiary alicyclic amines) is 2. The van der Waals surface area contributed by atoms with Crippen molar-refractivity contribution in [1.29, 1.82) is 0 Å². The van der Waals surface area contributed by atoms with E-state index in [1.165, 1.54) is 0 Å². The van der Waals surface area contributed by atoms with Gasteiger partial charge in [0.15, 0.2) is 0 Å². The number of amides is 2. The lowest BCUT2D eigenvalue weighted by Crippen LogP contribution is -2.40. The second-order valence-electron chi connectivity index (χ2n) is 7.68. The topological polar surface area (TPSA) is 88.8 Å². The number of piperidine rings is 1. The number of carbonyl (C=O) groups is 2. The molecule has 2 saturated heterocycles. The Hall–Kier alpha value is -2.15. The fraction of sp³-hybridized carbons (Fsp3) is 0.650. The molecule has 7 nitrogen and oxygen atoms in total. The summed E-state index contributed by atoms with van der Waals surface area (Å²) in [6.07, 6.45) is 3.85. The van der Waals surface area contributed by atoms with Crippen molar-refractivity contribution in [2.45, 2.75) is 51.6 Å². The monoisotopic (exact) mass is 374 g/mol. The third-order valence-electron chi connectivity index (χ3n) is 5.38. The van der Waals surface area contributed by atoms with E-state index < -0.39 is 0 Å². The quantitative estimate of drug-likeness (QED) is 0.852. The van der Waals surface area contributed by atoms with Crippen molar-refractivity contribution in [2.75, 3.05) is 38.5 Å². The van der Waals surface area contributed by atoms with E-state index in [0.717, 1.165) is 44.5 Å². The zero-order valence-corrected chi connectivity index (χ0v) is 16.3. The van der Waals surface area contributed by atoms with E-state index >= 15 is 0 Å². The van der Waals surface area contributed by atoms with Gasteiger partial charge in [-0.25, -0.2) is 4.98 Å². The van der Waals surface area contributed by atoms with Gasteiger partial charge < -0.3 is 20.3 Å². The summed E-state index contributed by atoms with van der Waals surface area (Å²) < 4.78 is 5.41. The number of pyridine rings is 1. The molecule has 3 heterocycles. The Balaban J connectivity index is 1.57. The number of rotatable bonds is 5. The third-order valence-corrected chi connectivity index (χ3v) is 5.38. The van der Waals surface area contributed by atoms with Gasteiger partial charge in [0.25, 0.3) is 5.91 Å². The molecule has 27 heavy (non-hydrogen) atoms. The summed E-state index contributed by atoms with van der Waals surface area (Å²) >= 11 is 0. The summed E-state index contributed by atoms with van der Waals surface area (Å²) in [5, 5.41) is 0. The van der Waals surface area contributed by atoms with Crippen molar-refractivity contribution in [1.82, 2.24) is 14.8 Å². The number of anilines is 1. The number of nitrogens with zero attached hydrogens (tertiary/aromatic N) is 3. The second kappa shape index (κ2) is 8.69. The highest BCUT2D eigenvalue weighted by Crippen LogP contribution is 2.28. The Morgan fingerprint density at radius 3 is 2.41 bits per heavy atom. The van der Waals surface area contributed by atoms with Gasteiger partial charge in [0.2, 0.25) is 5.91 Å². The molecule has 2 aliphatic heterocycles. The van der Waals surface area contributed by atoms with Gasteiger partial charge in [-0.15, -0.1) is 0 Å². The summed E-state index contributed by atoms with van der Waals surface area (Å²) in [6, 6.07) is 3.73. The number of nitrogen functional groups attached to an aromatic ring is 1. The molecule has 2 fully saturated rings. The van der Waals surface area contributed by atoms with Crippen LogP contribution in [0.15, 0.2) is 12.1 Å². The predicted molar refractivity (Wildman–Crippen MR) is 103 cm³/mol. The minimum atomic E-state index is -0.0189. The van der Waals surface area contributed by atoms with E-state index in [4.69, 9.17) is 10.5 Å². The first kappa shape index (κ1) is 19.6. The van der Waals surface area contributed by atoms with E-state index in [2.05, 4.69) is 4.98 Å². The van der Waals surface area contributed by atoms with Crippen LogP contribution >= 0.6 is 0 Å². The van der Waals surface area contributed by atoms with Crippen molar-refractivity contribution in [2.24, 2.45) is 0 Å². The summed E-state index contributed by atoms with van der Waals surface area (Å²) in [4.78, 5) is 32.9. The number of hydrogen-bond acceptors (Lipinski definition) is 5. The van der Waals surface area contributed by atoms with Crippen LogP contribution in [0.3, 0.4) is 0 Å². The minimum Gasteiger partial charge on any atom is -0.383 e. The fourth-order valence-corrected chi connectivity index (χ4v) is 3.74. The normalized spacial score (nSPS) is 18.3. The van der Waals surface area contributed by atoms with Crippen molar-refractivity contribution < 1.29 is 14.3 Å². The molecular formula is C20H30N4O3. The lowest BCUT2D eigenvalue weighted by molar-refractivity contribution is -0.138. The maximum Gasteiger partial charge on any atom is 0.257 e. The first-order valence-corrected chi connectivity index (χ1v) is 9.90. The molecule has 3 rings (SSSR count). The van der Waals surface area contributed by atoms with Gasteiger partial charge in [-0.1, -0.05) is 0 Å². The van der Waals surface area contributed by atoms with Gasteiger partial charge in [0.1, 0.15) is 12.4 Å². The van der Waals surface area contributed by atoms with Gasteiger partial charge in [-0.3, -0.25) is 9.59 Å². The molecule has 0 aromatic carbocycles. The van der Waals surface area contributed by atoms with E-state index in [0.29, 0.717) is 24.5 Å². The van der Waals surface area contributed by atoms with Crippen molar-refractivity contribution in [3.8, 4) is 0 Å². The Morgan fingerprint density at radius 2 is 1.81 bits per heavy atom. The van der Waals surface area contributed by atoms with Crippen molar-refractivity contribution in [3.05, 3.63) is 23.4 Å². The van der Waals surface area contributed by atoms with Gasteiger partial charge in [0, 0.05) is 37.8 Å². The largest absolute Gasteiger partial charge is 0.383 e. The molecule has 0 radical (unpaired) electrons. The Morgan fingerprint density at radius 1 is 1.15 bits per heavy atom. The van der Waals surface area contributed by atoms with Crippen LogP contribution in [-0.4, -0.2) is 65.5 Å². The van der Waals surface area contributed by atoms with Crippen LogP contribution in [0, 0.1) is 0 Å². The zero-order chi connectivity index (χ0) is 19.4. The smallest absolute Gasteiger partial charge is 0.257 e. The van der Waals surface area contributed by atoms with Crippen LogP contribution in [0.4, 0.5) is 5.82 Å². The maximum absolute atomic E-state index is 12.5. The highest BCUT2D eigenvalue weighted by atomic mass is 16.5. The van der Waals surface area contributed by atoms with E-state index in [1.807, 2.05) is 35.8 Å². The Bertz CT molecular complexity index is 678. The maximum atomic E-state index is 12.5. The lowest BCUT2D eigenvalue weighted by Gasteiger charge is -2.32. The zero-order valence-electron chi connectivity index (χ0n) is 16.3. The molecule has 0 unspecified atom stereocenters. The van der Waals surface area contributed by atoms with Crippen LogP contribution in [-0.2, 0) is 9.53 Å². The highest BCUT2D eigenvalue weighted by Gasteiger charge is 2.27. The first-order valence-electron chi connectivity index (χ1n) is 9.90. The SMILES string of the molecule is CC(C)OCC(=O)N1CCC(c2ccc(C(=O)N3CCCC3)c(N)n2)CC1. The molecule has 0 bridgehead atoms. The molecule has 0 aliphatic carbocycles. The van der Waals surface area contributed by atoms with Gasteiger partial charge in [0.05, 0.1) is 11.7 Å². The van der Waals surface area contributed by atoms with Crippen LogP contribution in [0.2, 0.25) is 0 Å². The summed E-state index contributed by atoms with van der Waals surface area (Å²) in [5.74, 6) is 0.599. The molecular weight excluding hydrogens is 344 g/mol. The van der Waals surface area contributed by atoms with Crippen LogP contribution in [0.5, 0.6) is 0 Å². The second-order valence-corrected chi connectivity index (χ2v) is 7.68. The molecule has 2 amide bonds. The number of hydrogen-bond donors (Lipinski definition) is 1.